The van der Waals surface area contributed by atoms with Crippen molar-refractivity contribution in [1.29, 1.82) is 0 Å². The molecule has 0 N–H and O–H groups in total. The van der Waals surface area contributed by atoms with E-state index in [1.54, 1.807) is 12.2 Å². The van der Waals surface area contributed by atoms with Crippen molar-refractivity contribution in [1.82, 2.24) is 0 Å². The number of nitrogens with zero attached hydrogens (tertiary/aromatic N) is 1. The molecule has 0 spiro atoms. The van der Waals surface area contributed by atoms with Crippen LogP contribution in [0.15, 0.2) is 91.4 Å². The summed E-state index contributed by atoms with van der Waals surface area (Å²) in [5.41, 5.74) is 2.96. The summed E-state index contributed by atoms with van der Waals surface area (Å²) < 4.78 is 5.88. The Labute approximate surface area is 146 Å². The normalized spacial score (nSPS) is 11.8. The smallest absolute Gasteiger partial charge is 0.151 e. The van der Waals surface area contributed by atoms with Gasteiger partial charge in [-0.05, 0) is 36.4 Å². The minimum absolute atomic E-state index is 0.711. The molecule has 2 aromatic carbocycles. The second kappa shape index (κ2) is 10.1. The maximum absolute atomic E-state index is 5.88. The fraction of sp³-hybridized carbons (Fsp3) is 0.182. The van der Waals surface area contributed by atoms with Crippen LogP contribution in [0.2, 0.25) is 0 Å². The SMILES string of the molecule is C=CC1=C(C=C)N(c2ccccc2)c2ccccc2O1.CC.CC. The molecule has 0 aliphatic carbocycles. The second-order valence-corrected chi connectivity index (χ2v) is 4.40. The lowest BCUT2D eigenvalue weighted by Crippen LogP contribution is -2.22. The van der Waals surface area contributed by atoms with Crippen LogP contribution in [0.3, 0.4) is 0 Å². The summed E-state index contributed by atoms with van der Waals surface area (Å²) in [5, 5.41) is 0. The number of benzene rings is 2. The number of hydrogen-bond donors (Lipinski definition) is 0. The number of anilines is 2. The van der Waals surface area contributed by atoms with Gasteiger partial charge in [-0.1, -0.05) is 71.2 Å². The molecule has 0 aromatic heterocycles. The first-order valence-corrected chi connectivity index (χ1v) is 8.46. The molecule has 3 rings (SSSR count). The van der Waals surface area contributed by atoms with E-state index in [-0.39, 0.29) is 0 Å². The van der Waals surface area contributed by atoms with Crippen LogP contribution in [-0.2, 0) is 0 Å². The van der Waals surface area contributed by atoms with Gasteiger partial charge in [0.2, 0.25) is 0 Å². The van der Waals surface area contributed by atoms with E-state index in [2.05, 4.69) is 30.2 Å². The quantitative estimate of drug-likeness (QED) is 0.612. The highest BCUT2D eigenvalue weighted by Gasteiger charge is 2.24. The van der Waals surface area contributed by atoms with Crippen LogP contribution in [0.5, 0.6) is 5.75 Å². The van der Waals surface area contributed by atoms with Crippen molar-refractivity contribution in [2.45, 2.75) is 27.7 Å². The molecule has 0 atom stereocenters. The van der Waals surface area contributed by atoms with Crippen LogP contribution in [0.1, 0.15) is 27.7 Å². The molecule has 0 unspecified atom stereocenters. The average Bonchev–Trinajstić information content (AvgIpc) is 2.70. The number of allylic oxidation sites excluding steroid dienone is 2. The monoisotopic (exact) mass is 321 g/mol. The average molecular weight is 321 g/mol. The van der Waals surface area contributed by atoms with Crippen LogP contribution in [0, 0.1) is 0 Å². The van der Waals surface area contributed by atoms with Crippen molar-refractivity contribution < 1.29 is 4.74 Å². The molecule has 0 amide bonds. The van der Waals surface area contributed by atoms with Crippen LogP contribution < -0.4 is 9.64 Å². The van der Waals surface area contributed by atoms with Crippen molar-refractivity contribution in [3.8, 4) is 5.75 Å². The molecule has 2 aromatic rings. The van der Waals surface area contributed by atoms with Gasteiger partial charge in [0.05, 0.1) is 11.4 Å². The van der Waals surface area contributed by atoms with Crippen molar-refractivity contribution >= 4 is 11.4 Å². The molecule has 24 heavy (non-hydrogen) atoms. The molecule has 0 saturated carbocycles. The standard InChI is InChI=1S/C18H15NO.2C2H6/c1-3-15-17(4-2)20-18-13-9-8-12-16(18)19(15)14-10-6-5-7-11-14;2*1-2/h3-13H,1-2H2;2*1-2H3. The molecular formula is C22H27NO. The third-order valence-corrected chi connectivity index (χ3v) is 3.21. The van der Waals surface area contributed by atoms with E-state index in [0.29, 0.717) is 5.76 Å². The Morgan fingerprint density at radius 3 is 1.96 bits per heavy atom. The lowest BCUT2D eigenvalue weighted by Gasteiger charge is -2.33. The summed E-state index contributed by atoms with van der Waals surface area (Å²) in [6.45, 7) is 15.7. The van der Waals surface area contributed by atoms with Crippen LogP contribution in [0.25, 0.3) is 0 Å². The Hall–Kier alpha value is -2.74. The third kappa shape index (κ3) is 3.96. The number of fused-ring (bicyclic) bond motifs is 1. The maximum atomic E-state index is 5.88. The van der Waals surface area contributed by atoms with Gasteiger partial charge < -0.3 is 9.64 Å². The minimum atomic E-state index is 0.711. The van der Waals surface area contributed by atoms with Crippen molar-refractivity contribution in [3.63, 3.8) is 0 Å². The van der Waals surface area contributed by atoms with Gasteiger partial charge in [0, 0.05) is 5.69 Å². The predicted octanol–water partition coefficient (Wildman–Crippen LogP) is 6.85. The maximum Gasteiger partial charge on any atom is 0.151 e. The van der Waals surface area contributed by atoms with E-state index >= 15 is 0 Å². The Morgan fingerprint density at radius 2 is 1.38 bits per heavy atom. The van der Waals surface area contributed by atoms with Gasteiger partial charge in [-0.3, -0.25) is 0 Å². The summed E-state index contributed by atoms with van der Waals surface area (Å²) in [6.07, 6.45) is 3.50. The largest absolute Gasteiger partial charge is 0.453 e. The zero-order chi connectivity index (χ0) is 17.9. The predicted molar refractivity (Wildman–Crippen MR) is 106 cm³/mol. The van der Waals surface area contributed by atoms with E-state index in [1.165, 1.54) is 0 Å². The summed E-state index contributed by atoms with van der Waals surface area (Å²) in [6, 6.07) is 18.1. The van der Waals surface area contributed by atoms with Gasteiger partial charge in [0.25, 0.3) is 0 Å². The van der Waals surface area contributed by atoms with E-state index in [1.807, 2.05) is 70.2 Å². The Balaban J connectivity index is 0.000000671. The van der Waals surface area contributed by atoms with Crippen LogP contribution in [-0.4, -0.2) is 0 Å². The first kappa shape index (κ1) is 19.3. The second-order valence-electron chi connectivity index (χ2n) is 4.40. The minimum Gasteiger partial charge on any atom is -0.453 e. The molecule has 2 heteroatoms. The summed E-state index contributed by atoms with van der Waals surface area (Å²) in [5.74, 6) is 1.53. The van der Waals surface area contributed by atoms with Gasteiger partial charge >= 0.3 is 0 Å². The molecule has 0 bridgehead atoms. The third-order valence-electron chi connectivity index (χ3n) is 3.21. The van der Waals surface area contributed by atoms with Gasteiger partial charge in [-0.15, -0.1) is 0 Å². The number of ether oxygens (including phenoxy) is 1. The zero-order valence-electron chi connectivity index (χ0n) is 15.1. The van der Waals surface area contributed by atoms with Crippen molar-refractivity contribution in [3.05, 3.63) is 91.4 Å². The highest BCUT2D eigenvalue weighted by molar-refractivity contribution is 5.77. The molecule has 2 nitrogen and oxygen atoms in total. The molecular weight excluding hydrogens is 294 g/mol. The van der Waals surface area contributed by atoms with E-state index in [4.69, 9.17) is 4.74 Å². The molecule has 126 valence electrons. The van der Waals surface area contributed by atoms with Crippen LogP contribution in [0.4, 0.5) is 11.4 Å². The first-order chi connectivity index (χ1) is 11.8. The number of hydrogen-bond acceptors (Lipinski definition) is 2. The first-order valence-electron chi connectivity index (χ1n) is 8.46. The van der Waals surface area contributed by atoms with Gasteiger partial charge in [0.15, 0.2) is 11.5 Å². The van der Waals surface area contributed by atoms with E-state index in [9.17, 15) is 0 Å². The highest BCUT2D eigenvalue weighted by atomic mass is 16.5. The van der Waals surface area contributed by atoms with Gasteiger partial charge in [-0.25, -0.2) is 0 Å². The molecule has 0 saturated heterocycles. The summed E-state index contributed by atoms with van der Waals surface area (Å²) >= 11 is 0. The molecule has 1 aliphatic heterocycles. The Bertz CT molecular complexity index is 686. The summed E-state index contributed by atoms with van der Waals surface area (Å²) in [4.78, 5) is 2.13. The van der Waals surface area contributed by atoms with Gasteiger partial charge in [0.1, 0.15) is 0 Å². The lowest BCUT2D eigenvalue weighted by molar-refractivity contribution is 0.431. The van der Waals surface area contributed by atoms with Crippen molar-refractivity contribution in [2.75, 3.05) is 4.90 Å². The fourth-order valence-electron chi connectivity index (χ4n) is 2.33. The molecule has 0 radical (unpaired) electrons. The Kier molecular flexibility index (Phi) is 8.14. The highest BCUT2D eigenvalue weighted by Crippen LogP contribution is 2.42. The number of rotatable bonds is 3. The fourth-order valence-corrected chi connectivity index (χ4v) is 2.33. The van der Waals surface area contributed by atoms with Gasteiger partial charge in [-0.2, -0.15) is 0 Å². The van der Waals surface area contributed by atoms with E-state index in [0.717, 1.165) is 22.8 Å². The van der Waals surface area contributed by atoms with E-state index < -0.39 is 0 Å². The molecule has 0 fully saturated rings. The van der Waals surface area contributed by atoms with Crippen LogP contribution >= 0.6 is 0 Å². The molecule has 1 aliphatic rings. The molecule has 1 heterocycles. The summed E-state index contributed by atoms with van der Waals surface area (Å²) in [7, 11) is 0. The Morgan fingerprint density at radius 1 is 0.792 bits per heavy atom. The van der Waals surface area contributed by atoms with Crippen molar-refractivity contribution in [2.24, 2.45) is 0 Å². The topological polar surface area (TPSA) is 12.5 Å². The lowest BCUT2D eigenvalue weighted by atomic mass is 10.1. The zero-order valence-corrected chi connectivity index (χ0v) is 15.1. The number of para-hydroxylation sites is 3.